The number of aromatic carboxylic acids is 1. The summed E-state index contributed by atoms with van der Waals surface area (Å²) in [4.78, 5) is 10.2. The number of rotatable bonds is 1. The first kappa shape index (κ1) is 10.9. The Kier molecular flexibility index (Phi) is 2.34. The quantitative estimate of drug-likeness (QED) is 0.479. The topological polar surface area (TPSA) is 37.3 Å². The summed E-state index contributed by atoms with van der Waals surface area (Å²) in [5.74, 6) is -8.46. The molecule has 2 rings (SSSR count). The van der Waals surface area contributed by atoms with Crippen molar-refractivity contribution < 1.29 is 27.5 Å². The maximum atomic E-state index is 13.2. The average Bonchev–Trinajstić information content (AvgIpc) is 2.68. The van der Waals surface area contributed by atoms with E-state index in [0.29, 0.717) is 11.3 Å². The molecule has 0 aliphatic carbocycles. The highest BCUT2D eigenvalue weighted by Gasteiger charge is 2.23. The maximum absolute atomic E-state index is 13.2. The molecular formula is C9H2F4O2S. The van der Waals surface area contributed by atoms with Gasteiger partial charge in [-0.1, -0.05) is 0 Å². The lowest BCUT2D eigenvalue weighted by Gasteiger charge is -1.98. The molecule has 0 bridgehead atoms. The van der Waals surface area contributed by atoms with E-state index in [0.717, 1.165) is 6.07 Å². The SMILES string of the molecule is O=C(O)c1cc2c(F)c(F)c(F)c(F)c2s1. The van der Waals surface area contributed by atoms with Gasteiger partial charge >= 0.3 is 5.97 Å². The zero-order valence-corrected chi connectivity index (χ0v) is 8.17. The summed E-state index contributed by atoms with van der Waals surface area (Å²) in [6.45, 7) is 0. The molecule has 16 heavy (non-hydrogen) atoms. The van der Waals surface area contributed by atoms with Crippen LogP contribution in [0, 0.1) is 23.3 Å². The van der Waals surface area contributed by atoms with Gasteiger partial charge in [0, 0.05) is 5.39 Å². The standard InChI is InChI=1S/C9H2F4O2S/c10-4-2-1-3(9(14)15)16-8(2)7(13)6(12)5(4)11/h1H,(H,14,15). The van der Waals surface area contributed by atoms with Crippen molar-refractivity contribution in [3.63, 3.8) is 0 Å². The minimum absolute atomic E-state index is 0.348. The molecule has 0 aliphatic rings. The smallest absolute Gasteiger partial charge is 0.345 e. The van der Waals surface area contributed by atoms with Crippen molar-refractivity contribution >= 4 is 27.4 Å². The van der Waals surface area contributed by atoms with Crippen LogP contribution in [-0.2, 0) is 0 Å². The van der Waals surface area contributed by atoms with E-state index in [9.17, 15) is 22.4 Å². The Balaban J connectivity index is 2.92. The summed E-state index contributed by atoms with van der Waals surface area (Å²) in [6, 6.07) is 0.767. The molecule has 0 unspecified atom stereocenters. The highest BCUT2D eigenvalue weighted by molar-refractivity contribution is 7.20. The normalized spacial score (nSPS) is 11.0. The number of hydrogen-bond acceptors (Lipinski definition) is 2. The molecule has 0 saturated carbocycles. The maximum Gasteiger partial charge on any atom is 0.345 e. The molecule has 84 valence electrons. The van der Waals surface area contributed by atoms with Crippen LogP contribution in [0.25, 0.3) is 10.1 Å². The molecule has 0 aliphatic heterocycles. The van der Waals surface area contributed by atoms with E-state index in [2.05, 4.69) is 0 Å². The fourth-order valence-electron chi connectivity index (χ4n) is 1.23. The minimum Gasteiger partial charge on any atom is -0.477 e. The molecule has 0 radical (unpaired) electrons. The number of benzene rings is 1. The Hall–Kier alpha value is -1.63. The first-order valence-corrected chi connectivity index (χ1v) is 4.74. The molecule has 1 heterocycles. The largest absolute Gasteiger partial charge is 0.477 e. The fourth-order valence-corrected chi connectivity index (χ4v) is 2.15. The molecule has 1 aromatic heterocycles. The van der Waals surface area contributed by atoms with Gasteiger partial charge in [0.15, 0.2) is 23.3 Å². The number of hydrogen-bond donors (Lipinski definition) is 1. The van der Waals surface area contributed by atoms with Gasteiger partial charge in [-0.15, -0.1) is 11.3 Å². The van der Waals surface area contributed by atoms with E-state index in [4.69, 9.17) is 5.11 Å². The predicted octanol–water partition coefficient (Wildman–Crippen LogP) is 3.16. The first-order chi connectivity index (χ1) is 7.43. The summed E-state index contributed by atoms with van der Waals surface area (Å²) in [5, 5.41) is 8.01. The summed E-state index contributed by atoms with van der Waals surface area (Å²) in [7, 11) is 0. The van der Waals surface area contributed by atoms with Crippen molar-refractivity contribution in [2.75, 3.05) is 0 Å². The van der Waals surface area contributed by atoms with Crippen LogP contribution in [0.15, 0.2) is 6.07 Å². The van der Waals surface area contributed by atoms with Gasteiger partial charge in [-0.05, 0) is 6.07 Å². The minimum atomic E-state index is -1.94. The zero-order valence-electron chi connectivity index (χ0n) is 7.35. The highest BCUT2D eigenvalue weighted by Crippen LogP contribution is 2.33. The summed E-state index contributed by atoms with van der Waals surface area (Å²) >= 11 is 0.348. The van der Waals surface area contributed by atoms with Crippen LogP contribution in [0.5, 0.6) is 0 Å². The van der Waals surface area contributed by atoms with Crippen molar-refractivity contribution in [2.45, 2.75) is 0 Å². The van der Waals surface area contributed by atoms with Crippen molar-refractivity contribution in [1.29, 1.82) is 0 Å². The van der Waals surface area contributed by atoms with Crippen molar-refractivity contribution in [3.05, 3.63) is 34.2 Å². The second-order valence-corrected chi connectivity index (χ2v) is 3.97. The number of carbonyl (C=O) groups is 1. The molecule has 0 spiro atoms. The molecule has 0 atom stereocenters. The van der Waals surface area contributed by atoms with Gasteiger partial charge in [-0.2, -0.15) is 0 Å². The molecule has 0 fully saturated rings. The van der Waals surface area contributed by atoms with Gasteiger partial charge in [-0.25, -0.2) is 22.4 Å². The first-order valence-electron chi connectivity index (χ1n) is 3.92. The summed E-state index contributed by atoms with van der Waals surface area (Å²) in [6.07, 6.45) is 0. The highest BCUT2D eigenvalue weighted by atomic mass is 32.1. The van der Waals surface area contributed by atoms with E-state index in [-0.39, 0.29) is 0 Å². The fraction of sp³-hybridized carbons (Fsp3) is 0. The summed E-state index contributed by atoms with van der Waals surface area (Å²) in [5.41, 5.74) is 0. The Morgan fingerprint density at radius 1 is 1.06 bits per heavy atom. The van der Waals surface area contributed by atoms with Gasteiger partial charge < -0.3 is 5.11 Å². The number of carboxylic acids is 1. The third kappa shape index (κ3) is 1.35. The van der Waals surface area contributed by atoms with Gasteiger partial charge in [0.25, 0.3) is 0 Å². The van der Waals surface area contributed by atoms with Gasteiger partial charge in [0.1, 0.15) is 4.88 Å². The molecular weight excluding hydrogens is 248 g/mol. The van der Waals surface area contributed by atoms with Gasteiger partial charge in [-0.3, -0.25) is 0 Å². The Labute approximate surface area is 89.7 Å². The van der Waals surface area contributed by atoms with Gasteiger partial charge in [0.2, 0.25) is 0 Å². The third-order valence-electron chi connectivity index (χ3n) is 1.96. The van der Waals surface area contributed by atoms with E-state index >= 15 is 0 Å². The average molecular weight is 250 g/mol. The molecule has 0 saturated heterocycles. The molecule has 1 N–H and O–H groups in total. The number of fused-ring (bicyclic) bond motifs is 1. The predicted molar refractivity (Wildman–Crippen MR) is 48.6 cm³/mol. The number of thiophene rings is 1. The lowest BCUT2D eigenvalue weighted by atomic mass is 10.2. The van der Waals surface area contributed by atoms with Crippen molar-refractivity contribution in [3.8, 4) is 0 Å². The molecule has 2 nitrogen and oxygen atoms in total. The summed E-state index contributed by atoms with van der Waals surface area (Å²) < 4.78 is 51.4. The van der Waals surface area contributed by atoms with Crippen LogP contribution in [0.1, 0.15) is 9.67 Å². The molecule has 2 aromatic rings. The number of halogens is 4. The van der Waals surface area contributed by atoms with E-state index in [1.165, 1.54) is 0 Å². The van der Waals surface area contributed by atoms with E-state index in [1.54, 1.807) is 0 Å². The molecule has 0 amide bonds. The van der Waals surface area contributed by atoms with Crippen LogP contribution in [0.3, 0.4) is 0 Å². The molecule has 1 aromatic carbocycles. The van der Waals surface area contributed by atoms with Crippen molar-refractivity contribution in [2.24, 2.45) is 0 Å². The van der Waals surface area contributed by atoms with Crippen LogP contribution in [-0.4, -0.2) is 11.1 Å². The Morgan fingerprint density at radius 2 is 1.62 bits per heavy atom. The number of carboxylic acid groups (broad SMARTS) is 1. The van der Waals surface area contributed by atoms with Crippen LogP contribution >= 0.6 is 11.3 Å². The van der Waals surface area contributed by atoms with Crippen LogP contribution < -0.4 is 0 Å². The molecule has 7 heteroatoms. The Bertz CT molecular complexity index is 560. The third-order valence-corrected chi connectivity index (χ3v) is 3.07. The van der Waals surface area contributed by atoms with E-state index < -0.39 is 44.2 Å². The van der Waals surface area contributed by atoms with Crippen LogP contribution in [0.2, 0.25) is 0 Å². The van der Waals surface area contributed by atoms with Crippen molar-refractivity contribution in [1.82, 2.24) is 0 Å². The van der Waals surface area contributed by atoms with Crippen LogP contribution in [0.4, 0.5) is 17.6 Å². The van der Waals surface area contributed by atoms with E-state index in [1.807, 2.05) is 0 Å². The Morgan fingerprint density at radius 3 is 2.19 bits per heavy atom. The second kappa shape index (κ2) is 3.44. The lowest BCUT2D eigenvalue weighted by Crippen LogP contribution is -1.95. The second-order valence-electron chi connectivity index (χ2n) is 2.91. The lowest BCUT2D eigenvalue weighted by molar-refractivity contribution is 0.0702. The monoisotopic (exact) mass is 250 g/mol. The van der Waals surface area contributed by atoms with Gasteiger partial charge in [0.05, 0.1) is 4.70 Å². The zero-order chi connectivity index (χ0) is 12.0.